The van der Waals surface area contributed by atoms with Gasteiger partial charge in [-0.15, -0.1) is 0 Å². The smallest absolute Gasteiger partial charge is 0.254 e. The SMILES string of the molecule is Cc1nc(-c2ccncc2)[nH]c(=O)c1CCC(=O)Nc1cccc(Oc2cnccn2)c1. The quantitative estimate of drug-likeness (QED) is 0.463. The minimum atomic E-state index is -0.253. The standard InChI is InChI=1S/C23H20N6O3/c1-15-19(23(31)29-22(27-15)16-7-9-24-10-8-16)5-6-20(30)28-17-3-2-4-18(13-17)32-21-14-25-11-12-26-21/h2-4,7-14H,5-6H2,1H3,(H,28,30)(H,27,29,31). The summed E-state index contributed by atoms with van der Waals surface area (Å²) >= 11 is 0. The molecule has 3 heterocycles. The summed E-state index contributed by atoms with van der Waals surface area (Å²) in [7, 11) is 0. The molecule has 4 rings (SSSR count). The van der Waals surface area contributed by atoms with E-state index in [4.69, 9.17) is 4.74 Å². The molecule has 0 aliphatic carbocycles. The van der Waals surface area contributed by atoms with Crippen LogP contribution in [0.5, 0.6) is 11.6 Å². The molecule has 0 saturated heterocycles. The monoisotopic (exact) mass is 428 g/mol. The van der Waals surface area contributed by atoms with Crippen LogP contribution in [-0.4, -0.2) is 30.8 Å². The van der Waals surface area contributed by atoms with Gasteiger partial charge in [-0.2, -0.15) is 0 Å². The molecule has 0 unspecified atom stereocenters. The fraction of sp³-hybridized carbons (Fsp3) is 0.130. The molecule has 9 nitrogen and oxygen atoms in total. The van der Waals surface area contributed by atoms with Crippen LogP contribution in [0.15, 0.2) is 72.2 Å². The number of ether oxygens (including phenoxy) is 1. The minimum Gasteiger partial charge on any atom is -0.437 e. The lowest BCUT2D eigenvalue weighted by atomic mass is 10.1. The van der Waals surface area contributed by atoms with Gasteiger partial charge in [0.15, 0.2) is 0 Å². The molecule has 3 aromatic heterocycles. The maximum absolute atomic E-state index is 12.6. The number of pyridine rings is 1. The third-order valence-electron chi connectivity index (χ3n) is 4.66. The van der Waals surface area contributed by atoms with E-state index < -0.39 is 0 Å². The average Bonchev–Trinajstić information content (AvgIpc) is 2.80. The number of anilines is 1. The Balaban J connectivity index is 1.39. The van der Waals surface area contributed by atoms with Crippen LogP contribution >= 0.6 is 0 Å². The Morgan fingerprint density at radius 1 is 1.09 bits per heavy atom. The van der Waals surface area contributed by atoms with Crippen molar-refractivity contribution in [3.8, 4) is 23.0 Å². The van der Waals surface area contributed by atoms with Crippen molar-refractivity contribution in [2.75, 3.05) is 5.32 Å². The first-order valence-corrected chi connectivity index (χ1v) is 9.92. The second kappa shape index (κ2) is 9.61. The summed E-state index contributed by atoms with van der Waals surface area (Å²) in [5.41, 5.74) is 2.17. The van der Waals surface area contributed by atoms with Crippen molar-refractivity contribution >= 4 is 11.6 Å². The molecule has 0 aliphatic heterocycles. The molecule has 1 amide bonds. The molecular formula is C23H20N6O3. The highest BCUT2D eigenvalue weighted by Gasteiger charge is 2.12. The number of benzene rings is 1. The van der Waals surface area contributed by atoms with Crippen LogP contribution in [0.25, 0.3) is 11.4 Å². The van der Waals surface area contributed by atoms with Crippen LogP contribution in [-0.2, 0) is 11.2 Å². The van der Waals surface area contributed by atoms with Crippen molar-refractivity contribution < 1.29 is 9.53 Å². The summed E-state index contributed by atoms with van der Waals surface area (Å²) in [6.07, 6.45) is 8.26. The number of aromatic amines is 1. The number of hydrogen-bond donors (Lipinski definition) is 2. The maximum atomic E-state index is 12.6. The molecule has 0 radical (unpaired) electrons. The summed E-state index contributed by atoms with van der Waals surface area (Å²) in [6.45, 7) is 1.76. The number of carbonyl (C=O) groups excluding carboxylic acids is 1. The first-order valence-electron chi connectivity index (χ1n) is 9.92. The number of hydrogen-bond acceptors (Lipinski definition) is 7. The number of aromatic nitrogens is 5. The van der Waals surface area contributed by atoms with E-state index in [0.717, 1.165) is 5.56 Å². The first kappa shape index (κ1) is 20.9. The van der Waals surface area contributed by atoms with Gasteiger partial charge in [-0.25, -0.2) is 9.97 Å². The lowest BCUT2D eigenvalue weighted by molar-refractivity contribution is -0.116. The number of carbonyl (C=O) groups is 1. The molecule has 160 valence electrons. The van der Waals surface area contributed by atoms with Gasteiger partial charge in [-0.1, -0.05) is 6.07 Å². The third kappa shape index (κ3) is 5.20. The van der Waals surface area contributed by atoms with E-state index in [2.05, 4.69) is 30.2 Å². The molecule has 0 spiro atoms. The lowest BCUT2D eigenvalue weighted by Crippen LogP contribution is -2.20. The zero-order chi connectivity index (χ0) is 22.3. The zero-order valence-electron chi connectivity index (χ0n) is 17.3. The van der Waals surface area contributed by atoms with Crippen molar-refractivity contribution in [1.29, 1.82) is 0 Å². The third-order valence-corrected chi connectivity index (χ3v) is 4.66. The Bertz CT molecular complexity index is 1280. The van der Waals surface area contributed by atoms with E-state index in [1.807, 2.05) is 0 Å². The van der Waals surface area contributed by atoms with Gasteiger partial charge in [0.2, 0.25) is 11.8 Å². The molecule has 1 aromatic carbocycles. The summed E-state index contributed by atoms with van der Waals surface area (Å²) in [5.74, 6) is 1.13. The Labute approximate surface area is 183 Å². The fourth-order valence-corrected chi connectivity index (χ4v) is 3.11. The Morgan fingerprint density at radius 3 is 2.69 bits per heavy atom. The first-order chi connectivity index (χ1) is 15.6. The van der Waals surface area contributed by atoms with Gasteiger partial charge in [-0.3, -0.25) is 19.6 Å². The number of amides is 1. The van der Waals surface area contributed by atoms with Gasteiger partial charge >= 0.3 is 0 Å². The van der Waals surface area contributed by atoms with Crippen LogP contribution in [0.4, 0.5) is 5.69 Å². The number of H-pyrrole nitrogens is 1. The van der Waals surface area contributed by atoms with Crippen molar-refractivity contribution in [2.24, 2.45) is 0 Å². The van der Waals surface area contributed by atoms with E-state index >= 15 is 0 Å². The molecule has 0 bridgehead atoms. The molecule has 9 heteroatoms. The summed E-state index contributed by atoms with van der Waals surface area (Å²) in [4.78, 5) is 44.2. The minimum absolute atomic E-state index is 0.134. The molecule has 0 fully saturated rings. The second-order valence-electron chi connectivity index (χ2n) is 6.94. The predicted molar refractivity (Wildman–Crippen MR) is 118 cm³/mol. The highest BCUT2D eigenvalue weighted by atomic mass is 16.5. The van der Waals surface area contributed by atoms with Gasteiger partial charge in [-0.05, 0) is 37.6 Å². The maximum Gasteiger partial charge on any atom is 0.254 e. The average molecular weight is 428 g/mol. The van der Waals surface area contributed by atoms with Crippen molar-refractivity contribution in [2.45, 2.75) is 19.8 Å². The molecule has 4 aromatic rings. The topological polar surface area (TPSA) is 123 Å². The lowest BCUT2D eigenvalue weighted by Gasteiger charge is -2.09. The fourth-order valence-electron chi connectivity index (χ4n) is 3.11. The van der Waals surface area contributed by atoms with E-state index in [1.54, 1.807) is 61.9 Å². The molecule has 2 N–H and O–H groups in total. The molecule has 0 atom stereocenters. The van der Waals surface area contributed by atoms with Crippen LogP contribution in [0.3, 0.4) is 0 Å². The summed E-state index contributed by atoms with van der Waals surface area (Å²) in [6, 6.07) is 10.5. The predicted octanol–water partition coefficient (Wildman–Crippen LogP) is 3.29. The second-order valence-corrected chi connectivity index (χ2v) is 6.94. The van der Waals surface area contributed by atoms with Gasteiger partial charge in [0.1, 0.15) is 11.6 Å². The Hall–Kier alpha value is -4.40. The number of rotatable bonds is 7. The highest BCUT2D eigenvalue weighted by Crippen LogP contribution is 2.22. The van der Waals surface area contributed by atoms with Crippen LogP contribution in [0.1, 0.15) is 17.7 Å². The number of nitrogens with zero attached hydrogens (tertiary/aromatic N) is 4. The number of nitrogens with one attached hydrogen (secondary N) is 2. The van der Waals surface area contributed by atoms with E-state index in [0.29, 0.717) is 34.4 Å². The van der Waals surface area contributed by atoms with Gasteiger partial charge in [0.25, 0.3) is 5.56 Å². The van der Waals surface area contributed by atoms with Gasteiger partial charge in [0.05, 0.1) is 6.20 Å². The van der Waals surface area contributed by atoms with Crippen molar-refractivity contribution in [3.05, 3.63) is 89.0 Å². The van der Waals surface area contributed by atoms with Crippen LogP contribution in [0, 0.1) is 6.92 Å². The van der Waals surface area contributed by atoms with E-state index in [1.165, 1.54) is 12.4 Å². The summed E-state index contributed by atoms with van der Waals surface area (Å²) < 4.78 is 5.63. The number of aryl methyl sites for hydroxylation is 1. The van der Waals surface area contributed by atoms with Crippen LogP contribution < -0.4 is 15.6 Å². The molecular weight excluding hydrogens is 408 g/mol. The van der Waals surface area contributed by atoms with Crippen LogP contribution in [0.2, 0.25) is 0 Å². The zero-order valence-corrected chi connectivity index (χ0v) is 17.3. The summed E-state index contributed by atoms with van der Waals surface area (Å²) in [5, 5.41) is 2.82. The largest absolute Gasteiger partial charge is 0.437 e. The molecule has 0 saturated carbocycles. The molecule has 32 heavy (non-hydrogen) atoms. The Kier molecular flexibility index (Phi) is 6.26. The molecule has 0 aliphatic rings. The van der Waals surface area contributed by atoms with E-state index in [-0.39, 0.29) is 24.3 Å². The highest BCUT2D eigenvalue weighted by molar-refractivity contribution is 5.91. The Morgan fingerprint density at radius 2 is 1.94 bits per heavy atom. The van der Waals surface area contributed by atoms with Crippen molar-refractivity contribution in [3.63, 3.8) is 0 Å². The van der Waals surface area contributed by atoms with Crippen molar-refractivity contribution in [1.82, 2.24) is 24.9 Å². The normalized spacial score (nSPS) is 10.5. The van der Waals surface area contributed by atoms with Gasteiger partial charge in [0, 0.05) is 59.8 Å². The van der Waals surface area contributed by atoms with E-state index in [9.17, 15) is 9.59 Å². The van der Waals surface area contributed by atoms with Gasteiger partial charge < -0.3 is 15.0 Å².